The third kappa shape index (κ3) is 3.84. The molecule has 0 bridgehead atoms. The van der Waals surface area contributed by atoms with E-state index >= 15 is 0 Å². The Hall–Kier alpha value is -1.82. The molecule has 110 valence electrons. The first-order valence-corrected chi connectivity index (χ1v) is 6.71. The molecule has 0 N–H and O–H groups in total. The summed E-state index contributed by atoms with van der Waals surface area (Å²) in [6.45, 7) is 5.31. The second-order valence-corrected chi connectivity index (χ2v) is 4.72. The van der Waals surface area contributed by atoms with Crippen molar-refractivity contribution < 1.29 is 9.72 Å². The van der Waals surface area contributed by atoms with Crippen molar-refractivity contribution in [3.8, 4) is 0 Å². The Morgan fingerprint density at radius 3 is 2.40 bits per heavy atom. The van der Waals surface area contributed by atoms with Gasteiger partial charge in [0.1, 0.15) is 0 Å². The minimum absolute atomic E-state index is 0.00748. The van der Waals surface area contributed by atoms with Crippen LogP contribution in [0, 0.1) is 10.1 Å². The van der Waals surface area contributed by atoms with E-state index in [9.17, 15) is 14.9 Å². The summed E-state index contributed by atoms with van der Waals surface area (Å²) in [7, 11) is 1.73. The van der Waals surface area contributed by atoms with Gasteiger partial charge in [0, 0.05) is 32.3 Å². The summed E-state index contributed by atoms with van der Waals surface area (Å²) in [6, 6.07) is 4.21. The van der Waals surface area contributed by atoms with E-state index in [1.165, 1.54) is 12.1 Å². The van der Waals surface area contributed by atoms with Crippen molar-refractivity contribution in [2.45, 2.75) is 13.8 Å². The molecule has 20 heavy (non-hydrogen) atoms. The van der Waals surface area contributed by atoms with E-state index in [0.29, 0.717) is 18.8 Å². The van der Waals surface area contributed by atoms with Gasteiger partial charge in [0.15, 0.2) is 0 Å². The van der Waals surface area contributed by atoms with Crippen LogP contribution in [0.25, 0.3) is 0 Å². The number of nitro groups is 1. The molecule has 1 rings (SSSR count). The minimum atomic E-state index is -0.503. The standard InChI is InChI=1S/C13H18ClN3O3/c1-4-16(5-2)13(18)9-15(3)12-7-6-10(17(19)20)8-11(12)14/h6-8H,4-5,9H2,1-3H3. The molecule has 7 heteroatoms. The molecule has 0 aliphatic heterocycles. The van der Waals surface area contributed by atoms with E-state index in [1.54, 1.807) is 22.9 Å². The van der Waals surface area contributed by atoms with E-state index in [-0.39, 0.29) is 23.2 Å². The van der Waals surface area contributed by atoms with E-state index in [0.717, 1.165) is 0 Å². The molecule has 0 fully saturated rings. The van der Waals surface area contributed by atoms with Gasteiger partial charge in [-0.3, -0.25) is 14.9 Å². The number of nitro benzene ring substituents is 1. The van der Waals surface area contributed by atoms with Crippen LogP contribution in [0.15, 0.2) is 18.2 Å². The summed E-state index contributed by atoms with van der Waals surface area (Å²) in [6.07, 6.45) is 0. The fourth-order valence-electron chi connectivity index (χ4n) is 1.88. The van der Waals surface area contributed by atoms with Crippen LogP contribution in [0.1, 0.15) is 13.8 Å². The first-order chi connectivity index (χ1) is 9.40. The van der Waals surface area contributed by atoms with Crippen molar-refractivity contribution in [2.24, 2.45) is 0 Å². The molecule has 1 aromatic carbocycles. The number of hydrogen-bond donors (Lipinski definition) is 0. The van der Waals surface area contributed by atoms with Crippen LogP contribution < -0.4 is 4.90 Å². The maximum absolute atomic E-state index is 12.0. The molecular weight excluding hydrogens is 282 g/mol. The van der Waals surface area contributed by atoms with Crippen molar-refractivity contribution in [1.29, 1.82) is 0 Å². The zero-order valence-corrected chi connectivity index (χ0v) is 12.6. The normalized spacial score (nSPS) is 10.2. The number of rotatable bonds is 6. The van der Waals surface area contributed by atoms with Crippen molar-refractivity contribution in [1.82, 2.24) is 4.90 Å². The Kier molecular flexibility index (Phi) is 5.76. The van der Waals surface area contributed by atoms with Crippen molar-refractivity contribution in [3.63, 3.8) is 0 Å². The lowest BCUT2D eigenvalue weighted by molar-refractivity contribution is -0.384. The van der Waals surface area contributed by atoms with Crippen molar-refractivity contribution in [3.05, 3.63) is 33.3 Å². The summed E-state index contributed by atoms with van der Waals surface area (Å²) >= 11 is 6.03. The summed E-state index contributed by atoms with van der Waals surface area (Å²) in [5.74, 6) is -0.00748. The highest BCUT2D eigenvalue weighted by atomic mass is 35.5. The zero-order chi connectivity index (χ0) is 15.3. The topological polar surface area (TPSA) is 66.7 Å². The number of amides is 1. The Balaban J connectivity index is 2.85. The Morgan fingerprint density at radius 1 is 1.35 bits per heavy atom. The van der Waals surface area contributed by atoms with E-state index in [4.69, 9.17) is 11.6 Å². The molecule has 0 radical (unpaired) electrons. The van der Waals surface area contributed by atoms with Gasteiger partial charge in [-0.1, -0.05) is 11.6 Å². The predicted molar refractivity (Wildman–Crippen MR) is 79.3 cm³/mol. The molecule has 0 aliphatic carbocycles. The second-order valence-electron chi connectivity index (χ2n) is 4.31. The van der Waals surface area contributed by atoms with Gasteiger partial charge in [-0.05, 0) is 19.9 Å². The molecule has 0 atom stereocenters. The number of carbonyl (C=O) groups excluding carboxylic acids is 1. The number of benzene rings is 1. The van der Waals surface area contributed by atoms with Crippen molar-refractivity contribution in [2.75, 3.05) is 31.6 Å². The molecule has 0 heterocycles. The maximum atomic E-state index is 12.0. The highest BCUT2D eigenvalue weighted by Gasteiger charge is 2.16. The molecule has 0 aliphatic rings. The first-order valence-electron chi connectivity index (χ1n) is 6.33. The summed E-state index contributed by atoms with van der Waals surface area (Å²) in [4.78, 5) is 25.6. The average Bonchev–Trinajstić information content (AvgIpc) is 2.39. The number of likely N-dealkylation sites (N-methyl/N-ethyl adjacent to an activating group) is 2. The van der Waals surface area contributed by atoms with Gasteiger partial charge in [0.2, 0.25) is 5.91 Å². The van der Waals surface area contributed by atoms with Crippen LogP contribution in [0.5, 0.6) is 0 Å². The molecule has 0 saturated carbocycles. The minimum Gasteiger partial charge on any atom is -0.364 e. The monoisotopic (exact) mass is 299 g/mol. The van der Waals surface area contributed by atoms with Gasteiger partial charge in [0.05, 0.1) is 22.2 Å². The number of anilines is 1. The Labute approximate surface area is 123 Å². The van der Waals surface area contributed by atoms with Gasteiger partial charge < -0.3 is 9.80 Å². The van der Waals surface area contributed by atoms with Gasteiger partial charge in [-0.25, -0.2) is 0 Å². The number of hydrogen-bond acceptors (Lipinski definition) is 4. The largest absolute Gasteiger partial charge is 0.364 e. The molecule has 6 nitrogen and oxygen atoms in total. The second kappa shape index (κ2) is 7.09. The van der Waals surface area contributed by atoms with Crippen LogP contribution >= 0.6 is 11.6 Å². The molecule has 0 spiro atoms. The number of carbonyl (C=O) groups is 1. The summed E-state index contributed by atoms with van der Waals surface area (Å²) < 4.78 is 0. The third-order valence-corrected chi connectivity index (χ3v) is 3.34. The van der Waals surface area contributed by atoms with Crippen LogP contribution in [-0.2, 0) is 4.79 Å². The molecule has 1 aromatic rings. The molecular formula is C13H18ClN3O3. The third-order valence-electron chi connectivity index (χ3n) is 3.04. The van der Waals surface area contributed by atoms with Crippen molar-refractivity contribution >= 4 is 28.9 Å². The fourth-order valence-corrected chi connectivity index (χ4v) is 2.20. The van der Waals surface area contributed by atoms with E-state index in [1.807, 2.05) is 13.8 Å². The highest BCUT2D eigenvalue weighted by Crippen LogP contribution is 2.28. The molecule has 1 amide bonds. The van der Waals surface area contributed by atoms with Gasteiger partial charge in [-0.15, -0.1) is 0 Å². The fraction of sp³-hybridized carbons (Fsp3) is 0.462. The number of nitrogens with zero attached hydrogens (tertiary/aromatic N) is 3. The number of non-ortho nitro benzene ring substituents is 1. The van der Waals surface area contributed by atoms with Crippen LogP contribution in [0.3, 0.4) is 0 Å². The Morgan fingerprint density at radius 2 is 1.95 bits per heavy atom. The summed E-state index contributed by atoms with van der Waals surface area (Å²) in [5, 5.41) is 10.9. The van der Waals surface area contributed by atoms with Gasteiger partial charge in [0.25, 0.3) is 5.69 Å². The van der Waals surface area contributed by atoms with Crippen LogP contribution in [-0.4, -0.2) is 42.4 Å². The molecule has 0 aromatic heterocycles. The predicted octanol–water partition coefficient (Wildman–Crippen LogP) is 2.55. The van der Waals surface area contributed by atoms with E-state index in [2.05, 4.69) is 0 Å². The average molecular weight is 300 g/mol. The zero-order valence-electron chi connectivity index (χ0n) is 11.8. The van der Waals surface area contributed by atoms with Gasteiger partial charge >= 0.3 is 0 Å². The lowest BCUT2D eigenvalue weighted by Gasteiger charge is -2.24. The summed E-state index contributed by atoms with van der Waals surface area (Å²) in [5.41, 5.74) is 0.528. The highest BCUT2D eigenvalue weighted by molar-refractivity contribution is 6.33. The lowest BCUT2D eigenvalue weighted by atomic mass is 10.2. The maximum Gasteiger partial charge on any atom is 0.271 e. The smallest absolute Gasteiger partial charge is 0.271 e. The first kappa shape index (κ1) is 16.2. The van der Waals surface area contributed by atoms with Gasteiger partial charge in [-0.2, -0.15) is 0 Å². The SMILES string of the molecule is CCN(CC)C(=O)CN(C)c1ccc([N+](=O)[O-])cc1Cl. The number of halogens is 1. The molecule has 0 unspecified atom stereocenters. The Bertz CT molecular complexity index is 504. The quantitative estimate of drug-likeness (QED) is 0.598. The molecule has 0 saturated heterocycles. The lowest BCUT2D eigenvalue weighted by Crippen LogP contribution is -2.38. The van der Waals surface area contributed by atoms with Crippen LogP contribution in [0.2, 0.25) is 5.02 Å². The van der Waals surface area contributed by atoms with E-state index < -0.39 is 4.92 Å². The van der Waals surface area contributed by atoms with Crippen LogP contribution in [0.4, 0.5) is 11.4 Å².